The van der Waals surface area contributed by atoms with Gasteiger partial charge in [-0.3, -0.25) is 4.79 Å². The minimum atomic E-state index is -0.547. The number of rotatable bonds is 1. The molecule has 1 N–H and O–H groups in total. The number of hydrogen-bond donors (Lipinski definition) is 1. The van der Waals surface area contributed by atoms with Crippen molar-refractivity contribution in [3.05, 3.63) is 0 Å². The van der Waals surface area contributed by atoms with Gasteiger partial charge in [0, 0.05) is 0 Å². The van der Waals surface area contributed by atoms with Crippen LogP contribution in [-0.4, -0.2) is 11.1 Å². The summed E-state index contributed by atoms with van der Waals surface area (Å²) in [6, 6.07) is 0. The first kappa shape index (κ1) is 11.6. The largest absolute Gasteiger partial charge is 0.481 e. The Balaban J connectivity index is 1.69. The summed E-state index contributed by atoms with van der Waals surface area (Å²) in [5.74, 6) is 2.99. The van der Waals surface area contributed by atoms with Crippen molar-refractivity contribution in [1.82, 2.24) is 0 Å². The molecule has 2 heteroatoms. The summed E-state index contributed by atoms with van der Waals surface area (Å²) < 4.78 is 0. The zero-order valence-electron chi connectivity index (χ0n) is 10.6. The van der Waals surface area contributed by atoms with Crippen LogP contribution in [0.3, 0.4) is 0 Å². The summed E-state index contributed by atoms with van der Waals surface area (Å²) in [4.78, 5) is 11.1. The Morgan fingerprint density at radius 2 is 1.53 bits per heavy atom. The minimum absolute atomic E-state index is 0.0311. The van der Waals surface area contributed by atoms with Crippen molar-refractivity contribution in [2.75, 3.05) is 0 Å². The number of carboxylic acid groups (broad SMARTS) is 1. The fourth-order valence-corrected chi connectivity index (χ4v) is 4.99. The highest BCUT2D eigenvalue weighted by Gasteiger charge is 2.43. The van der Waals surface area contributed by atoms with Gasteiger partial charge in [0.25, 0.3) is 0 Å². The lowest BCUT2D eigenvalue weighted by Crippen LogP contribution is -2.41. The van der Waals surface area contributed by atoms with Gasteiger partial charge < -0.3 is 5.11 Å². The van der Waals surface area contributed by atoms with Crippen molar-refractivity contribution in [3.8, 4) is 0 Å². The first-order chi connectivity index (χ1) is 8.25. The Hall–Kier alpha value is -0.530. The normalized spacial score (nSPS) is 45.8. The summed E-state index contributed by atoms with van der Waals surface area (Å²) in [6.07, 6.45) is 11.6. The van der Waals surface area contributed by atoms with E-state index in [1.165, 1.54) is 44.9 Å². The van der Waals surface area contributed by atoms with E-state index >= 15 is 0 Å². The standard InChI is InChI=1S/C15H24O2/c16-15(17)12-7-8-14-11(9-12)6-5-10-3-1-2-4-13(10)14/h10-14H,1-9H2,(H,16,17). The highest BCUT2D eigenvalue weighted by molar-refractivity contribution is 5.70. The molecule has 0 aromatic heterocycles. The van der Waals surface area contributed by atoms with Gasteiger partial charge in [-0.25, -0.2) is 0 Å². The molecule has 0 saturated heterocycles. The maximum atomic E-state index is 11.1. The first-order valence-electron chi connectivity index (χ1n) is 7.48. The first-order valence-corrected chi connectivity index (χ1v) is 7.48. The molecule has 3 aliphatic rings. The SMILES string of the molecule is O=C(O)C1CCC2C(CCC3CCCCC32)C1. The van der Waals surface area contributed by atoms with Gasteiger partial charge in [-0.2, -0.15) is 0 Å². The monoisotopic (exact) mass is 236 g/mol. The lowest BCUT2D eigenvalue weighted by molar-refractivity contribution is -0.145. The van der Waals surface area contributed by atoms with Crippen LogP contribution in [-0.2, 0) is 4.79 Å². The molecule has 17 heavy (non-hydrogen) atoms. The molecule has 0 heterocycles. The summed E-state index contributed by atoms with van der Waals surface area (Å²) in [7, 11) is 0. The van der Waals surface area contributed by atoms with E-state index in [1.54, 1.807) is 0 Å². The Labute approximate surface area is 104 Å². The van der Waals surface area contributed by atoms with Gasteiger partial charge in [0.1, 0.15) is 0 Å². The predicted octanol–water partition coefficient (Wildman–Crippen LogP) is 3.70. The second kappa shape index (κ2) is 4.62. The lowest BCUT2D eigenvalue weighted by Gasteiger charge is -2.49. The van der Waals surface area contributed by atoms with Gasteiger partial charge in [0.15, 0.2) is 0 Å². The molecule has 3 rings (SSSR count). The van der Waals surface area contributed by atoms with E-state index in [2.05, 4.69) is 0 Å². The van der Waals surface area contributed by atoms with E-state index in [0.29, 0.717) is 0 Å². The highest BCUT2D eigenvalue weighted by Crippen LogP contribution is 2.52. The third-order valence-electron chi connectivity index (χ3n) is 5.82. The molecule has 3 aliphatic carbocycles. The van der Waals surface area contributed by atoms with Crippen molar-refractivity contribution in [2.45, 2.75) is 57.8 Å². The van der Waals surface area contributed by atoms with Crippen molar-refractivity contribution in [3.63, 3.8) is 0 Å². The molecular formula is C15H24O2. The fraction of sp³-hybridized carbons (Fsp3) is 0.933. The van der Waals surface area contributed by atoms with Gasteiger partial charge in [-0.1, -0.05) is 19.3 Å². The van der Waals surface area contributed by atoms with Crippen LogP contribution in [0.2, 0.25) is 0 Å². The van der Waals surface area contributed by atoms with E-state index in [9.17, 15) is 4.79 Å². The zero-order chi connectivity index (χ0) is 11.8. The number of carboxylic acids is 1. The number of aliphatic carboxylic acids is 1. The Morgan fingerprint density at radius 1 is 0.824 bits per heavy atom. The molecule has 2 nitrogen and oxygen atoms in total. The quantitative estimate of drug-likeness (QED) is 0.753. The van der Waals surface area contributed by atoms with Gasteiger partial charge in [0.2, 0.25) is 0 Å². The molecule has 0 aromatic carbocycles. The molecule has 96 valence electrons. The van der Waals surface area contributed by atoms with E-state index in [-0.39, 0.29) is 5.92 Å². The van der Waals surface area contributed by atoms with Crippen LogP contribution in [0.15, 0.2) is 0 Å². The second-order valence-electron chi connectivity index (χ2n) is 6.56. The Bertz CT molecular complexity index is 299. The molecule has 5 unspecified atom stereocenters. The average molecular weight is 236 g/mol. The third kappa shape index (κ3) is 2.11. The summed E-state index contributed by atoms with van der Waals surface area (Å²) in [5.41, 5.74) is 0. The third-order valence-corrected chi connectivity index (χ3v) is 5.82. The van der Waals surface area contributed by atoms with Gasteiger partial charge in [-0.15, -0.1) is 0 Å². The van der Waals surface area contributed by atoms with Gasteiger partial charge in [-0.05, 0) is 62.2 Å². The fourth-order valence-electron chi connectivity index (χ4n) is 4.99. The van der Waals surface area contributed by atoms with Crippen LogP contribution in [0.5, 0.6) is 0 Å². The molecule has 0 aliphatic heterocycles. The maximum absolute atomic E-state index is 11.1. The smallest absolute Gasteiger partial charge is 0.306 e. The van der Waals surface area contributed by atoms with Crippen LogP contribution in [0.1, 0.15) is 57.8 Å². The molecular weight excluding hydrogens is 212 g/mol. The maximum Gasteiger partial charge on any atom is 0.306 e. The van der Waals surface area contributed by atoms with E-state index in [4.69, 9.17) is 5.11 Å². The number of carbonyl (C=O) groups is 1. The second-order valence-corrected chi connectivity index (χ2v) is 6.56. The average Bonchev–Trinajstić information content (AvgIpc) is 2.38. The van der Waals surface area contributed by atoms with Gasteiger partial charge in [0.05, 0.1) is 5.92 Å². The summed E-state index contributed by atoms with van der Waals surface area (Å²) in [6.45, 7) is 0. The van der Waals surface area contributed by atoms with E-state index in [0.717, 1.165) is 36.5 Å². The van der Waals surface area contributed by atoms with Crippen LogP contribution in [0.4, 0.5) is 0 Å². The lowest BCUT2D eigenvalue weighted by atomic mass is 9.56. The topological polar surface area (TPSA) is 37.3 Å². The molecule has 5 atom stereocenters. The molecule has 0 spiro atoms. The molecule has 0 aromatic rings. The Morgan fingerprint density at radius 3 is 2.35 bits per heavy atom. The molecule has 0 amide bonds. The van der Waals surface area contributed by atoms with Crippen molar-refractivity contribution in [1.29, 1.82) is 0 Å². The predicted molar refractivity (Wildman–Crippen MR) is 66.6 cm³/mol. The molecule has 0 radical (unpaired) electrons. The molecule has 3 fully saturated rings. The highest BCUT2D eigenvalue weighted by atomic mass is 16.4. The van der Waals surface area contributed by atoms with Crippen LogP contribution < -0.4 is 0 Å². The number of fused-ring (bicyclic) bond motifs is 3. The van der Waals surface area contributed by atoms with Crippen LogP contribution in [0.25, 0.3) is 0 Å². The van der Waals surface area contributed by atoms with E-state index in [1.807, 2.05) is 0 Å². The van der Waals surface area contributed by atoms with Crippen LogP contribution in [0, 0.1) is 29.6 Å². The summed E-state index contributed by atoms with van der Waals surface area (Å²) >= 11 is 0. The minimum Gasteiger partial charge on any atom is -0.481 e. The van der Waals surface area contributed by atoms with E-state index < -0.39 is 5.97 Å². The zero-order valence-corrected chi connectivity index (χ0v) is 10.6. The summed E-state index contributed by atoms with van der Waals surface area (Å²) in [5, 5.41) is 9.16. The number of hydrogen-bond acceptors (Lipinski definition) is 1. The Kier molecular flexibility index (Phi) is 3.14. The van der Waals surface area contributed by atoms with Crippen molar-refractivity contribution in [2.24, 2.45) is 29.6 Å². The molecule has 3 saturated carbocycles. The van der Waals surface area contributed by atoms with Gasteiger partial charge >= 0.3 is 5.97 Å². The van der Waals surface area contributed by atoms with Crippen molar-refractivity contribution >= 4 is 5.97 Å². The molecule has 0 bridgehead atoms. The van der Waals surface area contributed by atoms with Crippen molar-refractivity contribution < 1.29 is 9.90 Å². The van der Waals surface area contributed by atoms with Crippen LogP contribution >= 0.6 is 0 Å².